The fourth-order valence-corrected chi connectivity index (χ4v) is 3.92. The highest BCUT2D eigenvalue weighted by Gasteiger charge is 1.96. The van der Waals surface area contributed by atoms with Crippen molar-refractivity contribution in [1.82, 2.24) is 10.7 Å². The molecule has 0 amide bonds. The van der Waals surface area contributed by atoms with Gasteiger partial charge in [0.2, 0.25) is 0 Å². The average Bonchev–Trinajstić information content (AvgIpc) is 2.81. The van der Waals surface area contributed by atoms with E-state index in [4.69, 9.17) is 17.0 Å². The maximum Gasteiger partial charge on any atom is 0.186 e. The van der Waals surface area contributed by atoms with E-state index >= 15 is 0 Å². The molecule has 0 spiro atoms. The Morgan fingerprint density at radius 1 is 0.781 bits per heavy atom. The van der Waals surface area contributed by atoms with E-state index in [1.807, 2.05) is 24.3 Å². The molecule has 0 atom stereocenters. The van der Waals surface area contributed by atoms with Crippen LogP contribution in [0.25, 0.3) is 0 Å². The van der Waals surface area contributed by atoms with Gasteiger partial charge in [-0.15, -0.1) is 0 Å². The fourth-order valence-electron chi connectivity index (χ4n) is 3.77. The van der Waals surface area contributed by atoms with Gasteiger partial charge in [-0.1, -0.05) is 103 Å². The highest BCUT2D eigenvalue weighted by atomic mass is 32.1. The lowest BCUT2D eigenvalue weighted by Gasteiger charge is -2.07. The van der Waals surface area contributed by atoms with Crippen LogP contribution in [0.15, 0.2) is 29.4 Å². The number of rotatable bonds is 20. The Morgan fingerprint density at radius 2 is 1.25 bits per heavy atom. The number of thiocarbonyl (C=S) groups is 1. The maximum absolute atomic E-state index is 5.26. The molecular formula is C27H47N3OS. The molecule has 0 heterocycles. The van der Waals surface area contributed by atoms with E-state index in [2.05, 4.69) is 22.8 Å². The van der Waals surface area contributed by atoms with E-state index in [1.165, 1.54) is 96.3 Å². The van der Waals surface area contributed by atoms with E-state index in [9.17, 15) is 0 Å². The summed E-state index contributed by atoms with van der Waals surface area (Å²) in [5.74, 6) is 0.839. The Morgan fingerprint density at radius 3 is 1.72 bits per heavy atom. The number of hydrogen-bond donors (Lipinski definition) is 2. The number of ether oxygens (including phenoxy) is 1. The largest absolute Gasteiger partial charge is 0.497 e. The monoisotopic (exact) mass is 461 g/mol. The Labute approximate surface area is 203 Å². The van der Waals surface area contributed by atoms with E-state index in [-0.39, 0.29) is 0 Å². The van der Waals surface area contributed by atoms with Crippen molar-refractivity contribution in [3.8, 4) is 5.75 Å². The molecule has 0 aliphatic heterocycles. The first-order valence-electron chi connectivity index (χ1n) is 13.0. The second-order valence-electron chi connectivity index (χ2n) is 8.70. The number of nitrogens with one attached hydrogen (secondary N) is 2. The van der Waals surface area contributed by atoms with Gasteiger partial charge in [-0.25, -0.2) is 0 Å². The first kappa shape index (κ1) is 28.4. The Balaban J connectivity index is 1.82. The first-order chi connectivity index (χ1) is 15.8. The van der Waals surface area contributed by atoms with Gasteiger partial charge in [-0.2, -0.15) is 5.10 Å². The molecule has 0 fully saturated rings. The summed E-state index contributed by atoms with van der Waals surface area (Å²) in [6.45, 7) is 3.19. The molecule has 32 heavy (non-hydrogen) atoms. The zero-order valence-corrected chi connectivity index (χ0v) is 21.5. The van der Waals surface area contributed by atoms with Crippen LogP contribution < -0.4 is 15.5 Å². The van der Waals surface area contributed by atoms with E-state index in [0.29, 0.717) is 5.11 Å². The molecule has 0 saturated carbocycles. The lowest BCUT2D eigenvalue weighted by Crippen LogP contribution is -2.32. The first-order valence-corrected chi connectivity index (χ1v) is 13.4. The molecule has 0 bridgehead atoms. The van der Waals surface area contributed by atoms with Crippen LogP contribution in [0.2, 0.25) is 0 Å². The number of unbranched alkanes of at least 4 members (excludes halogenated alkanes) is 15. The summed E-state index contributed by atoms with van der Waals surface area (Å²) in [7, 11) is 1.66. The highest BCUT2D eigenvalue weighted by molar-refractivity contribution is 7.80. The number of methoxy groups -OCH3 is 1. The van der Waals surface area contributed by atoms with Crippen LogP contribution in [0.1, 0.15) is 115 Å². The van der Waals surface area contributed by atoms with Gasteiger partial charge in [0.1, 0.15) is 5.75 Å². The molecule has 1 rings (SSSR count). The third-order valence-corrected chi connectivity index (χ3v) is 6.05. The molecule has 4 nitrogen and oxygen atoms in total. The van der Waals surface area contributed by atoms with E-state index in [1.54, 1.807) is 13.3 Å². The van der Waals surface area contributed by atoms with E-state index in [0.717, 1.165) is 24.3 Å². The van der Waals surface area contributed by atoms with Crippen molar-refractivity contribution >= 4 is 23.5 Å². The van der Waals surface area contributed by atoms with Crippen LogP contribution in [-0.4, -0.2) is 25.0 Å². The van der Waals surface area contributed by atoms with Gasteiger partial charge in [0.25, 0.3) is 0 Å². The summed E-state index contributed by atoms with van der Waals surface area (Å²) < 4.78 is 5.15. The van der Waals surface area contributed by atoms with Crippen LogP contribution >= 0.6 is 12.2 Å². The number of hydrazone groups is 1. The van der Waals surface area contributed by atoms with Crippen molar-refractivity contribution in [1.29, 1.82) is 0 Å². The summed E-state index contributed by atoms with van der Waals surface area (Å²) in [6.07, 6.45) is 24.0. The quantitative estimate of drug-likeness (QED) is 0.0901. The molecule has 0 aromatic heterocycles. The number of benzene rings is 1. The van der Waals surface area contributed by atoms with Crippen LogP contribution in [0.3, 0.4) is 0 Å². The smallest absolute Gasteiger partial charge is 0.186 e. The summed E-state index contributed by atoms with van der Waals surface area (Å²) in [4.78, 5) is 0. The second-order valence-corrected chi connectivity index (χ2v) is 9.11. The molecule has 0 unspecified atom stereocenters. The Bertz CT molecular complexity index is 589. The molecule has 0 saturated heterocycles. The molecule has 0 aliphatic carbocycles. The summed E-state index contributed by atoms with van der Waals surface area (Å²) in [5.41, 5.74) is 3.87. The number of hydrogen-bond acceptors (Lipinski definition) is 3. The molecule has 1 aromatic rings. The van der Waals surface area contributed by atoms with Gasteiger partial charge in [-0.3, -0.25) is 5.43 Å². The van der Waals surface area contributed by atoms with Gasteiger partial charge in [0.05, 0.1) is 13.3 Å². The normalized spacial score (nSPS) is 11.1. The van der Waals surface area contributed by atoms with Crippen molar-refractivity contribution in [3.05, 3.63) is 29.8 Å². The van der Waals surface area contributed by atoms with Crippen LogP contribution in [-0.2, 0) is 0 Å². The van der Waals surface area contributed by atoms with Crippen LogP contribution in [0.4, 0.5) is 0 Å². The van der Waals surface area contributed by atoms with Gasteiger partial charge in [0, 0.05) is 6.54 Å². The van der Waals surface area contributed by atoms with Gasteiger partial charge in [-0.05, 0) is 48.5 Å². The van der Waals surface area contributed by atoms with Gasteiger partial charge in [0.15, 0.2) is 5.11 Å². The van der Waals surface area contributed by atoms with Crippen molar-refractivity contribution in [2.45, 2.75) is 110 Å². The minimum atomic E-state index is 0.579. The SMILES string of the molecule is CCCCCCCCCCCCCCCCCCNC(=S)N/N=C\c1ccc(OC)cc1. The minimum Gasteiger partial charge on any atom is -0.497 e. The van der Waals surface area contributed by atoms with Crippen molar-refractivity contribution in [2.24, 2.45) is 5.10 Å². The average molecular weight is 462 g/mol. The van der Waals surface area contributed by atoms with Gasteiger partial charge < -0.3 is 10.1 Å². The zero-order valence-electron chi connectivity index (χ0n) is 20.7. The molecule has 1 aromatic carbocycles. The predicted octanol–water partition coefficient (Wildman–Crippen LogP) is 7.75. The topological polar surface area (TPSA) is 45.7 Å². The minimum absolute atomic E-state index is 0.579. The van der Waals surface area contributed by atoms with Crippen molar-refractivity contribution in [2.75, 3.05) is 13.7 Å². The standard InChI is InChI=1S/C27H47N3OS/c1-3-4-5-6-7-8-9-10-11-12-13-14-15-16-17-18-23-28-27(32)30-29-24-25-19-21-26(31-2)22-20-25/h19-22,24H,3-18,23H2,1-2H3,(H2,28,30,32)/b29-24-. The lowest BCUT2D eigenvalue weighted by atomic mass is 10.0. The third-order valence-electron chi connectivity index (χ3n) is 5.81. The van der Waals surface area contributed by atoms with Crippen LogP contribution in [0, 0.1) is 0 Å². The summed E-state index contributed by atoms with van der Waals surface area (Å²) in [6, 6.07) is 7.73. The van der Waals surface area contributed by atoms with Crippen molar-refractivity contribution in [3.63, 3.8) is 0 Å². The summed E-state index contributed by atoms with van der Waals surface area (Å²) in [5, 5.41) is 7.98. The lowest BCUT2D eigenvalue weighted by molar-refractivity contribution is 0.415. The number of nitrogens with zero attached hydrogens (tertiary/aromatic N) is 1. The molecule has 2 N–H and O–H groups in total. The van der Waals surface area contributed by atoms with E-state index < -0.39 is 0 Å². The maximum atomic E-state index is 5.26. The fraction of sp³-hybridized carbons (Fsp3) is 0.704. The summed E-state index contributed by atoms with van der Waals surface area (Å²) >= 11 is 5.26. The third kappa shape index (κ3) is 17.0. The van der Waals surface area contributed by atoms with Crippen molar-refractivity contribution < 1.29 is 4.74 Å². The Kier molecular flexibility index (Phi) is 18.9. The molecule has 0 radical (unpaired) electrons. The zero-order chi connectivity index (χ0) is 23.1. The second kappa shape index (κ2) is 21.2. The highest BCUT2D eigenvalue weighted by Crippen LogP contribution is 2.13. The molecule has 0 aliphatic rings. The molecular weight excluding hydrogens is 414 g/mol. The Hall–Kier alpha value is -1.62. The predicted molar refractivity (Wildman–Crippen MR) is 144 cm³/mol. The van der Waals surface area contributed by atoms with Gasteiger partial charge >= 0.3 is 0 Å². The molecule has 182 valence electrons. The van der Waals surface area contributed by atoms with Crippen LogP contribution in [0.5, 0.6) is 5.75 Å². The molecule has 5 heteroatoms.